The van der Waals surface area contributed by atoms with Crippen LogP contribution in [0.2, 0.25) is 0 Å². The van der Waals surface area contributed by atoms with Gasteiger partial charge < -0.3 is 5.32 Å². The summed E-state index contributed by atoms with van der Waals surface area (Å²) in [5.74, 6) is 2.09. The zero-order valence-corrected chi connectivity index (χ0v) is 6.63. The minimum atomic E-state index is -2.20. The fourth-order valence-electron chi connectivity index (χ4n) is 2.46. The molecular weight excluding hydrogens is 160 g/mol. The van der Waals surface area contributed by atoms with Crippen molar-refractivity contribution in [2.45, 2.75) is 31.4 Å². The van der Waals surface area contributed by atoms with E-state index in [1.807, 2.05) is 0 Å². The van der Waals surface area contributed by atoms with Crippen molar-refractivity contribution in [2.24, 2.45) is 11.8 Å². The van der Waals surface area contributed by atoms with Gasteiger partial charge in [-0.1, -0.05) is 5.92 Å². The van der Waals surface area contributed by atoms with Crippen molar-refractivity contribution in [1.82, 2.24) is 5.32 Å². The van der Waals surface area contributed by atoms with Crippen LogP contribution in [0, 0.1) is 24.2 Å². The summed E-state index contributed by atoms with van der Waals surface area (Å²) < 4.78 is 24.8. The summed E-state index contributed by atoms with van der Waals surface area (Å²) in [6.45, 7) is 0. The van der Waals surface area contributed by atoms with Crippen molar-refractivity contribution in [3.8, 4) is 12.3 Å². The molecule has 4 unspecified atom stereocenters. The van der Waals surface area contributed by atoms with Gasteiger partial charge in [-0.05, 0) is 18.8 Å². The van der Waals surface area contributed by atoms with Gasteiger partial charge in [-0.3, -0.25) is 0 Å². The van der Waals surface area contributed by atoms with Crippen LogP contribution < -0.4 is 5.32 Å². The molecule has 12 heavy (non-hydrogen) atoms. The van der Waals surface area contributed by atoms with Crippen molar-refractivity contribution < 1.29 is 8.78 Å². The molecule has 0 spiro atoms. The number of alkyl halides is 2. The molecule has 2 fully saturated rings. The molecular formula is C9H11F2N. The molecule has 66 valence electrons. The highest BCUT2D eigenvalue weighted by atomic mass is 19.3. The van der Waals surface area contributed by atoms with Crippen LogP contribution in [0.15, 0.2) is 0 Å². The van der Waals surface area contributed by atoms with E-state index in [0.717, 1.165) is 6.42 Å². The van der Waals surface area contributed by atoms with Gasteiger partial charge in [0.1, 0.15) is 0 Å². The fourth-order valence-corrected chi connectivity index (χ4v) is 2.46. The van der Waals surface area contributed by atoms with Crippen LogP contribution in [0.25, 0.3) is 0 Å². The first-order valence-corrected chi connectivity index (χ1v) is 4.22. The summed E-state index contributed by atoms with van der Waals surface area (Å²) in [6, 6.07) is 0.137. The van der Waals surface area contributed by atoms with Gasteiger partial charge in [0, 0.05) is 12.0 Å². The third-order valence-electron chi connectivity index (χ3n) is 3.01. The van der Waals surface area contributed by atoms with Gasteiger partial charge in [-0.2, -0.15) is 0 Å². The van der Waals surface area contributed by atoms with E-state index >= 15 is 0 Å². The van der Waals surface area contributed by atoms with E-state index in [9.17, 15) is 8.78 Å². The van der Waals surface area contributed by atoms with E-state index in [2.05, 4.69) is 11.2 Å². The molecule has 1 aliphatic carbocycles. The van der Waals surface area contributed by atoms with Crippen LogP contribution in [0.1, 0.15) is 12.8 Å². The first-order chi connectivity index (χ1) is 5.72. The Morgan fingerprint density at radius 1 is 1.42 bits per heavy atom. The van der Waals surface area contributed by atoms with Crippen molar-refractivity contribution in [2.75, 3.05) is 0 Å². The Morgan fingerprint density at radius 2 is 2.17 bits per heavy atom. The quantitative estimate of drug-likeness (QED) is 0.585. The number of terminal acetylenes is 1. The van der Waals surface area contributed by atoms with Crippen molar-refractivity contribution in [3.05, 3.63) is 0 Å². The Hall–Kier alpha value is -0.620. The topological polar surface area (TPSA) is 12.0 Å². The minimum Gasteiger partial charge on any atom is -0.301 e. The zero-order chi connectivity index (χ0) is 8.72. The van der Waals surface area contributed by atoms with E-state index in [0.29, 0.717) is 6.42 Å². The van der Waals surface area contributed by atoms with Crippen molar-refractivity contribution in [1.29, 1.82) is 0 Å². The summed E-state index contributed by atoms with van der Waals surface area (Å²) in [5, 5.41) is 3.16. The summed E-state index contributed by atoms with van der Waals surface area (Å²) in [4.78, 5) is 0. The highest BCUT2D eigenvalue weighted by Gasteiger charge is 2.48. The molecule has 1 heterocycles. The van der Waals surface area contributed by atoms with Crippen LogP contribution >= 0.6 is 0 Å². The SMILES string of the molecule is C#CC1NC2CC(C(F)F)C1C2. The largest absolute Gasteiger partial charge is 0.301 e. The van der Waals surface area contributed by atoms with Gasteiger partial charge in [0.2, 0.25) is 6.43 Å². The lowest BCUT2D eigenvalue weighted by atomic mass is 9.89. The number of rotatable bonds is 1. The fraction of sp³-hybridized carbons (Fsp3) is 0.778. The highest BCUT2D eigenvalue weighted by molar-refractivity contribution is 5.13. The predicted octanol–water partition coefficient (Wildman–Crippen LogP) is 1.25. The summed E-state index contributed by atoms with van der Waals surface area (Å²) >= 11 is 0. The maximum absolute atomic E-state index is 12.4. The normalized spacial score (nSPS) is 45.2. The number of hydrogen-bond donors (Lipinski definition) is 1. The highest BCUT2D eigenvalue weighted by Crippen LogP contribution is 2.43. The van der Waals surface area contributed by atoms with Crippen LogP contribution in [0.4, 0.5) is 8.78 Å². The monoisotopic (exact) mass is 171 g/mol. The van der Waals surface area contributed by atoms with Gasteiger partial charge in [0.25, 0.3) is 0 Å². The lowest BCUT2D eigenvalue weighted by Gasteiger charge is -2.26. The molecule has 1 nitrogen and oxygen atoms in total. The molecule has 2 rings (SSSR count). The number of halogens is 2. The molecule has 0 amide bonds. The standard InChI is InChI=1S/C9H11F2N/c1-2-8-6-3-5(12-8)4-7(6)9(10)11/h1,5-9,12H,3-4H2. The molecule has 0 aromatic carbocycles. The third kappa shape index (κ3) is 1.02. The van der Waals surface area contributed by atoms with Crippen LogP contribution in [0.3, 0.4) is 0 Å². The number of nitrogens with one attached hydrogen (secondary N) is 1. The van der Waals surface area contributed by atoms with E-state index in [4.69, 9.17) is 6.42 Å². The number of hydrogen-bond acceptors (Lipinski definition) is 1. The molecule has 2 aliphatic rings. The first kappa shape index (κ1) is 8.00. The molecule has 1 N–H and O–H groups in total. The smallest absolute Gasteiger partial charge is 0.241 e. The van der Waals surface area contributed by atoms with Crippen molar-refractivity contribution >= 4 is 0 Å². The van der Waals surface area contributed by atoms with Crippen molar-refractivity contribution in [3.63, 3.8) is 0 Å². The second-order valence-corrected chi connectivity index (χ2v) is 3.64. The first-order valence-electron chi connectivity index (χ1n) is 4.22. The average Bonchev–Trinajstić information content (AvgIpc) is 2.60. The second kappa shape index (κ2) is 2.70. The Balaban J connectivity index is 2.10. The van der Waals surface area contributed by atoms with Gasteiger partial charge in [-0.15, -0.1) is 6.42 Å². The molecule has 1 saturated heterocycles. The van der Waals surface area contributed by atoms with Gasteiger partial charge in [-0.25, -0.2) is 8.78 Å². The Labute approximate surface area is 70.5 Å². The molecule has 1 saturated carbocycles. The molecule has 0 aromatic heterocycles. The summed E-state index contributed by atoms with van der Waals surface area (Å²) in [5.41, 5.74) is 0. The van der Waals surface area contributed by atoms with E-state index in [1.165, 1.54) is 0 Å². The molecule has 4 atom stereocenters. The van der Waals surface area contributed by atoms with Gasteiger partial charge in [0.05, 0.1) is 6.04 Å². The Kier molecular flexibility index (Phi) is 1.80. The van der Waals surface area contributed by atoms with E-state index < -0.39 is 12.3 Å². The number of piperidine rings is 1. The third-order valence-corrected chi connectivity index (χ3v) is 3.01. The maximum atomic E-state index is 12.4. The van der Waals surface area contributed by atoms with Gasteiger partial charge in [0.15, 0.2) is 0 Å². The van der Waals surface area contributed by atoms with Gasteiger partial charge >= 0.3 is 0 Å². The maximum Gasteiger partial charge on any atom is 0.241 e. The minimum absolute atomic E-state index is 0.0139. The molecule has 0 radical (unpaired) electrons. The Bertz CT molecular complexity index is 221. The molecule has 1 aliphatic heterocycles. The lowest BCUT2D eigenvalue weighted by molar-refractivity contribution is 0.0445. The van der Waals surface area contributed by atoms with Crippen LogP contribution in [-0.2, 0) is 0 Å². The second-order valence-electron chi connectivity index (χ2n) is 3.64. The molecule has 2 bridgehead atoms. The predicted molar refractivity (Wildman–Crippen MR) is 41.8 cm³/mol. The lowest BCUT2D eigenvalue weighted by Crippen LogP contribution is -2.40. The average molecular weight is 171 g/mol. The van der Waals surface area contributed by atoms with E-state index in [1.54, 1.807) is 0 Å². The number of fused-ring (bicyclic) bond motifs is 2. The van der Waals surface area contributed by atoms with E-state index in [-0.39, 0.29) is 18.0 Å². The molecule has 0 aromatic rings. The summed E-state index contributed by atoms with van der Waals surface area (Å²) in [6.07, 6.45) is 4.46. The summed E-state index contributed by atoms with van der Waals surface area (Å²) in [7, 11) is 0. The Morgan fingerprint density at radius 3 is 2.67 bits per heavy atom. The zero-order valence-electron chi connectivity index (χ0n) is 6.63. The van der Waals surface area contributed by atoms with Crippen LogP contribution in [0.5, 0.6) is 0 Å². The molecule has 3 heteroatoms. The van der Waals surface area contributed by atoms with Crippen LogP contribution in [-0.4, -0.2) is 18.5 Å².